The molecule has 1 fully saturated rings. The van der Waals surface area contributed by atoms with Gasteiger partial charge in [-0.15, -0.1) is 0 Å². The first kappa shape index (κ1) is 13.4. The van der Waals surface area contributed by atoms with Crippen LogP contribution in [0.2, 0.25) is 0 Å². The Morgan fingerprint density at radius 3 is 2.72 bits per heavy atom. The van der Waals surface area contributed by atoms with E-state index in [2.05, 4.69) is 21.2 Å². The van der Waals surface area contributed by atoms with Crippen molar-refractivity contribution in [1.82, 2.24) is 5.32 Å². The molecular weight excluding hydrogens is 294 g/mol. The molecule has 0 aliphatic heterocycles. The van der Waals surface area contributed by atoms with Gasteiger partial charge in [0.25, 0.3) is 0 Å². The van der Waals surface area contributed by atoms with Crippen LogP contribution >= 0.6 is 15.9 Å². The molecule has 0 radical (unpaired) electrons. The maximum absolute atomic E-state index is 11.7. The standard InChI is InChI=1S/C14H18BrNO2/c15-12-8-4-5-9-13(12)16-14(17)18-10-11-6-2-1-3-7-11/h1-3,6-7,12-13H,4-5,8-10H2,(H,16,17)/t12-,13-/m0/s1. The van der Waals surface area contributed by atoms with Crippen LogP contribution in [-0.4, -0.2) is 17.0 Å². The Morgan fingerprint density at radius 1 is 1.28 bits per heavy atom. The minimum Gasteiger partial charge on any atom is -0.445 e. The molecule has 1 N–H and O–H groups in total. The van der Waals surface area contributed by atoms with E-state index < -0.39 is 0 Å². The number of hydrogen-bond donors (Lipinski definition) is 1. The molecule has 1 aromatic rings. The maximum Gasteiger partial charge on any atom is 0.407 e. The van der Waals surface area contributed by atoms with Crippen LogP contribution in [0.25, 0.3) is 0 Å². The zero-order chi connectivity index (χ0) is 12.8. The summed E-state index contributed by atoms with van der Waals surface area (Å²) in [6.45, 7) is 0.326. The molecule has 4 heteroatoms. The van der Waals surface area contributed by atoms with Crippen molar-refractivity contribution in [1.29, 1.82) is 0 Å². The number of carbonyl (C=O) groups excluding carboxylic acids is 1. The minimum absolute atomic E-state index is 0.196. The van der Waals surface area contributed by atoms with Crippen molar-refractivity contribution in [3.05, 3.63) is 35.9 Å². The molecule has 0 heterocycles. The molecule has 1 aliphatic carbocycles. The average molecular weight is 312 g/mol. The highest BCUT2D eigenvalue weighted by Crippen LogP contribution is 2.24. The first-order chi connectivity index (χ1) is 8.75. The Morgan fingerprint density at radius 2 is 2.00 bits per heavy atom. The summed E-state index contributed by atoms with van der Waals surface area (Å²) in [6, 6.07) is 9.91. The Kier molecular flexibility index (Phi) is 5.05. The van der Waals surface area contributed by atoms with Crippen LogP contribution in [0, 0.1) is 0 Å². The number of carbonyl (C=O) groups is 1. The third-order valence-electron chi connectivity index (χ3n) is 3.20. The lowest BCUT2D eigenvalue weighted by atomic mass is 9.95. The van der Waals surface area contributed by atoms with Gasteiger partial charge in [0.2, 0.25) is 0 Å². The van der Waals surface area contributed by atoms with Gasteiger partial charge in [0, 0.05) is 10.9 Å². The third kappa shape index (κ3) is 4.02. The number of alkyl halides is 1. The second-order valence-electron chi connectivity index (χ2n) is 4.61. The van der Waals surface area contributed by atoms with Crippen LogP contribution in [0.5, 0.6) is 0 Å². The molecule has 1 amide bonds. The number of halogens is 1. The van der Waals surface area contributed by atoms with Crippen molar-refractivity contribution in [3.63, 3.8) is 0 Å². The highest BCUT2D eigenvalue weighted by Gasteiger charge is 2.24. The lowest BCUT2D eigenvalue weighted by Crippen LogP contribution is -2.42. The van der Waals surface area contributed by atoms with Crippen LogP contribution in [0.4, 0.5) is 4.79 Å². The monoisotopic (exact) mass is 311 g/mol. The van der Waals surface area contributed by atoms with E-state index in [0.717, 1.165) is 18.4 Å². The number of rotatable bonds is 3. The number of hydrogen-bond acceptors (Lipinski definition) is 2. The molecular formula is C14H18BrNO2. The van der Waals surface area contributed by atoms with Crippen molar-refractivity contribution < 1.29 is 9.53 Å². The Bertz CT molecular complexity index is 383. The van der Waals surface area contributed by atoms with Crippen LogP contribution in [0.1, 0.15) is 31.2 Å². The summed E-state index contributed by atoms with van der Waals surface area (Å²) in [5.74, 6) is 0. The van der Waals surface area contributed by atoms with Gasteiger partial charge < -0.3 is 10.1 Å². The molecule has 0 bridgehead atoms. The fourth-order valence-electron chi connectivity index (χ4n) is 2.16. The summed E-state index contributed by atoms with van der Waals surface area (Å²) >= 11 is 3.61. The minimum atomic E-state index is -0.324. The molecule has 1 saturated carbocycles. The van der Waals surface area contributed by atoms with Gasteiger partial charge in [0.1, 0.15) is 6.61 Å². The lowest BCUT2D eigenvalue weighted by Gasteiger charge is -2.27. The van der Waals surface area contributed by atoms with Gasteiger partial charge in [-0.3, -0.25) is 0 Å². The number of benzene rings is 1. The van der Waals surface area contributed by atoms with E-state index >= 15 is 0 Å². The van der Waals surface area contributed by atoms with E-state index in [4.69, 9.17) is 4.74 Å². The van der Waals surface area contributed by atoms with Gasteiger partial charge in [0.05, 0.1) is 0 Å². The van der Waals surface area contributed by atoms with Crippen LogP contribution in [-0.2, 0) is 11.3 Å². The quantitative estimate of drug-likeness (QED) is 0.866. The SMILES string of the molecule is O=C(N[C@H]1CCCC[C@@H]1Br)OCc1ccccc1. The normalized spacial score (nSPS) is 23.4. The molecule has 0 aromatic heterocycles. The summed E-state index contributed by atoms with van der Waals surface area (Å²) in [5.41, 5.74) is 1.01. The zero-order valence-electron chi connectivity index (χ0n) is 10.3. The molecule has 0 unspecified atom stereocenters. The highest BCUT2D eigenvalue weighted by molar-refractivity contribution is 9.09. The van der Waals surface area contributed by atoms with Gasteiger partial charge >= 0.3 is 6.09 Å². The van der Waals surface area contributed by atoms with Gasteiger partial charge in [-0.05, 0) is 18.4 Å². The van der Waals surface area contributed by atoms with E-state index in [1.165, 1.54) is 12.8 Å². The van der Waals surface area contributed by atoms with Gasteiger partial charge in [-0.25, -0.2) is 4.79 Å². The predicted octanol–water partition coefficient (Wildman–Crippen LogP) is 3.62. The molecule has 98 valence electrons. The third-order valence-corrected chi connectivity index (χ3v) is 4.29. The van der Waals surface area contributed by atoms with Crippen LogP contribution in [0.3, 0.4) is 0 Å². The maximum atomic E-state index is 11.7. The van der Waals surface area contributed by atoms with Crippen molar-refractivity contribution in [3.8, 4) is 0 Å². The first-order valence-electron chi connectivity index (χ1n) is 6.37. The van der Waals surface area contributed by atoms with Crippen molar-refractivity contribution in [2.75, 3.05) is 0 Å². The topological polar surface area (TPSA) is 38.3 Å². The largest absolute Gasteiger partial charge is 0.445 e. The van der Waals surface area contributed by atoms with Crippen molar-refractivity contribution in [2.24, 2.45) is 0 Å². The second kappa shape index (κ2) is 6.78. The first-order valence-corrected chi connectivity index (χ1v) is 7.28. The smallest absolute Gasteiger partial charge is 0.407 e. The molecule has 2 rings (SSSR count). The number of amides is 1. The van der Waals surface area contributed by atoms with E-state index in [1.54, 1.807) is 0 Å². The number of ether oxygens (including phenoxy) is 1. The van der Waals surface area contributed by atoms with E-state index in [-0.39, 0.29) is 12.1 Å². The summed E-state index contributed by atoms with van der Waals surface area (Å²) < 4.78 is 5.21. The van der Waals surface area contributed by atoms with Gasteiger partial charge in [-0.1, -0.05) is 59.1 Å². The van der Waals surface area contributed by atoms with E-state index in [9.17, 15) is 4.79 Å². The number of alkyl carbamates (subject to hydrolysis) is 1. The lowest BCUT2D eigenvalue weighted by molar-refractivity contribution is 0.133. The summed E-state index contributed by atoms with van der Waals surface area (Å²) in [6.07, 6.45) is 4.22. The fourth-order valence-corrected chi connectivity index (χ4v) is 2.88. The Balaban J connectivity index is 1.75. The predicted molar refractivity (Wildman–Crippen MR) is 74.7 cm³/mol. The van der Waals surface area contributed by atoms with Gasteiger partial charge in [0.15, 0.2) is 0 Å². The molecule has 1 aliphatic rings. The molecule has 2 atom stereocenters. The van der Waals surface area contributed by atoms with Crippen LogP contribution in [0.15, 0.2) is 30.3 Å². The highest BCUT2D eigenvalue weighted by atomic mass is 79.9. The molecule has 0 spiro atoms. The Hall–Kier alpha value is -1.03. The van der Waals surface area contributed by atoms with E-state index in [1.807, 2.05) is 30.3 Å². The molecule has 3 nitrogen and oxygen atoms in total. The molecule has 18 heavy (non-hydrogen) atoms. The average Bonchev–Trinajstić information content (AvgIpc) is 2.40. The fraction of sp³-hybridized carbons (Fsp3) is 0.500. The second-order valence-corrected chi connectivity index (χ2v) is 5.79. The van der Waals surface area contributed by atoms with Crippen LogP contribution < -0.4 is 5.32 Å². The summed E-state index contributed by atoms with van der Waals surface area (Å²) in [4.78, 5) is 12.0. The summed E-state index contributed by atoms with van der Waals surface area (Å²) in [7, 11) is 0. The van der Waals surface area contributed by atoms with Crippen molar-refractivity contribution in [2.45, 2.75) is 43.2 Å². The molecule has 1 aromatic carbocycles. The van der Waals surface area contributed by atoms with E-state index in [0.29, 0.717) is 11.4 Å². The molecule has 0 saturated heterocycles. The van der Waals surface area contributed by atoms with Gasteiger partial charge in [-0.2, -0.15) is 0 Å². The zero-order valence-corrected chi connectivity index (χ0v) is 11.9. The Labute approximate surface area is 116 Å². The number of nitrogens with one attached hydrogen (secondary N) is 1. The van der Waals surface area contributed by atoms with Crippen molar-refractivity contribution >= 4 is 22.0 Å². The summed E-state index contributed by atoms with van der Waals surface area (Å²) in [5, 5.41) is 2.93.